The number of allylic oxidation sites excluding steroid dienone is 13. The molecule has 0 fully saturated rings. The molecule has 0 spiro atoms. The summed E-state index contributed by atoms with van der Waals surface area (Å²) < 4.78 is 16.4. The van der Waals surface area contributed by atoms with Gasteiger partial charge in [-0.1, -0.05) is 170 Å². The molecule has 0 saturated heterocycles. The van der Waals surface area contributed by atoms with Crippen LogP contribution in [0.25, 0.3) is 0 Å². The molecule has 1 atom stereocenters. The number of ether oxygens (including phenoxy) is 3. The van der Waals surface area contributed by atoms with Crippen LogP contribution in [-0.2, 0) is 28.6 Å². The lowest BCUT2D eigenvalue weighted by molar-refractivity contribution is -0.166. The van der Waals surface area contributed by atoms with Crippen molar-refractivity contribution in [3.05, 3.63) is 85.1 Å². The summed E-state index contributed by atoms with van der Waals surface area (Å²) in [5, 5.41) is 0. The summed E-state index contributed by atoms with van der Waals surface area (Å²) in [6, 6.07) is 0. The van der Waals surface area contributed by atoms with Crippen molar-refractivity contribution < 1.29 is 28.6 Å². The maximum absolute atomic E-state index is 12.6. The highest BCUT2D eigenvalue weighted by atomic mass is 16.6. The zero-order valence-electron chi connectivity index (χ0n) is 34.7. The molecule has 306 valence electrons. The van der Waals surface area contributed by atoms with E-state index in [1.807, 2.05) is 6.08 Å². The standard InChI is InChI=1S/C48H78O6/c1-4-7-10-13-15-17-19-21-23-25-26-28-30-32-35-38-41-47(50)53-44-45(43-52-46(49)40-37-34-12-9-6-3)54-48(51)42-39-36-33-31-29-27-24-22-20-18-16-14-11-8-5-2/h8,11,16-19,22-25,29,31,36,39,45H,4-7,9-10,12-15,20-21,26-28,30,32-35,37-38,40-44H2,1-3H3/b11-8-,18-16-,19-17-,24-22-,25-23-,31-29-,39-36-. The van der Waals surface area contributed by atoms with E-state index in [1.54, 1.807) is 6.08 Å². The molecule has 54 heavy (non-hydrogen) atoms. The van der Waals surface area contributed by atoms with Crippen LogP contribution in [0.3, 0.4) is 0 Å². The Kier molecular flexibility index (Phi) is 39.7. The first-order chi connectivity index (χ1) is 26.5. The van der Waals surface area contributed by atoms with E-state index < -0.39 is 12.1 Å². The minimum absolute atomic E-state index is 0.0926. The monoisotopic (exact) mass is 751 g/mol. The number of carbonyl (C=O) groups is 3. The normalized spacial score (nSPS) is 12.9. The third-order valence-corrected chi connectivity index (χ3v) is 8.67. The molecule has 0 amide bonds. The van der Waals surface area contributed by atoms with E-state index in [-0.39, 0.29) is 31.6 Å². The Morgan fingerprint density at radius 3 is 1.24 bits per heavy atom. The second kappa shape index (κ2) is 42.3. The number of unbranched alkanes of at least 4 members (excludes halogenated alkanes) is 13. The van der Waals surface area contributed by atoms with E-state index in [2.05, 4.69) is 93.7 Å². The summed E-state index contributed by atoms with van der Waals surface area (Å²) in [5.74, 6) is -1.09. The molecule has 0 aromatic heterocycles. The Labute approximate surface area is 331 Å². The lowest BCUT2D eigenvalue weighted by Crippen LogP contribution is -2.30. The summed E-state index contributed by atoms with van der Waals surface area (Å²) in [6.07, 6.45) is 53.3. The van der Waals surface area contributed by atoms with E-state index in [0.29, 0.717) is 12.8 Å². The van der Waals surface area contributed by atoms with Crippen molar-refractivity contribution >= 4 is 17.9 Å². The fraction of sp³-hybridized carbons (Fsp3) is 0.646. The molecule has 0 aromatic carbocycles. The molecule has 0 aliphatic heterocycles. The van der Waals surface area contributed by atoms with E-state index in [4.69, 9.17) is 14.2 Å². The summed E-state index contributed by atoms with van der Waals surface area (Å²) >= 11 is 0. The Bertz CT molecular complexity index is 1090. The molecular formula is C48H78O6. The summed E-state index contributed by atoms with van der Waals surface area (Å²) in [6.45, 7) is 6.29. The lowest BCUT2D eigenvalue weighted by Gasteiger charge is -2.18. The van der Waals surface area contributed by atoms with E-state index >= 15 is 0 Å². The van der Waals surface area contributed by atoms with Gasteiger partial charge in [0.2, 0.25) is 0 Å². The van der Waals surface area contributed by atoms with Gasteiger partial charge in [0, 0.05) is 12.8 Å². The minimum Gasteiger partial charge on any atom is -0.462 e. The van der Waals surface area contributed by atoms with Gasteiger partial charge in [0.05, 0.1) is 6.42 Å². The first-order valence-electron chi connectivity index (χ1n) is 21.6. The average molecular weight is 751 g/mol. The van der Waals surface area contributed by atoms with Crippen LogP contribution in [0.1, 0.15) is 181 Å². The van der Waals surface area contributed by atoms with Crippen LogP contribution in [0, 0.1) is 0 Å². The second-order valence-electron chi connectivity index (χ2n) is 13.9. The van der Waals surface area contributed by atoms with Crippen molar-refractivity contribution in [3.8, 4) is 0 Å². The van der Waals surface area contributed by atoms with Gasteiger partial charge in [-0.25, -0.2) is 0 Å². The van der Waals surface area contributed by atoms with Gasteiger partial charge in [-0.15, -0.1) is 0 Å². The molecule has 0 rings (SSSR count). The van der Waals surface area contributed by atoms with Gasteiger partial charge in [0.1, 0.15) is 13.2 Å². The maximum atomic E-state index is 12.6. The molecule has 0 N–H and O–H groups in total. The molecule has 0 aliphatic carbocycles. The van der Waals surface area contributed by atoms with Gasteiger partial charge in [0.15, 0.2) is 6.10 Å². The van der Waals surface area contributed by atoms with E-state index in [0.717, 1.165) is 109 Å². The first kappa shape index (κ1) is 50.6. The summed E-state index contributed by atoms with van der Waals surface area (Å²) in [7, 11) is 0. The molecule has 0 bridgehead atoms. The fourth-order valence-electron chi connectivity index (χ4n) is 5.43. The van der Waals surface area contributed by atoms with E-state index in [1.165, 1.54) is 32.1 Å². The van der Waals surface area contributed by atoms with E-state index in [9.17, 15) is 14.4 Å². The molecule has 6 heteroatoms. The van der Waals surface area contributed by atoms with Crippen molar-refractivity contribution in [2.75, 3.05) is 13.2 Å². The highest BCUT2D eigenvalue weighted by Gasteiger charge is 2.19. The van der Waals surface area contributed by atoms with Gasteiger partial charge in [0.25, 0.3) is 0 Å². The van der Waals surface area contributed by atoms with Gasteiger partial charge in [-0.2, -0.15) is 0 Å². The summed E-state index contributed by atoms with van der Waals surface area (Å²) in [4.78, 5) is 37.4. The average Bonchev–Trinajstić information content (AvgIpc) is 3.17. The topological polar surface area (TPSA) is 78.9 Å². The molecule has 0 radical (unpaired) electrons. The largest absolute Gasteiger partial charge is 0.462 e. The van der Waals surface area contributed by atoms with Crippen LogP contribution in [0.4, 0.5) is 0 Å². The molecular weight excluding hydrogens is 673 g/mol. The van der Waals surface area contributed by atoms with Gasteiger partial charge < -0.3 is 14.2 Å². The van der Waals surface area contributed by atoms with Gasteiger partial charge in [-0.3, -0.25) is 14.4 Å². The fourth-order valence-corrected chi connectivity index (χ4v) is 5.43. The number of hydrogen-bond acceptors (Lipinski definition) is 6. The number of carbonyl (C=O) groups excluding carboxylic acids is 3. The molecule has 0 aromatic rings. The van der Waals surface area contributed by atoms with Crippen molar-refractivity contribution in [1.82, 2.24) is 0 Å². The second-order valence-corrected chi connectivity index (χ2v) is 13.9. The van der Waals surface area contributed by atoms with Crippen molar-refractivity contribution in [2.45, 2.75) is 187 Å². The third-order valence-electron chi connectivity index (χ3n) is 8.67. The van der Waals surface area contributed by atoms with Gasteiger partial charge >= 0.3 is 17.9 Å². The van der Waals surface area contributed by atoms with Crippen molar-refractivity contribution in [1.29, 1.82) is 0 Å². The maximum Gasteiger partial charge on any atom is 0.310 e. The SMILES string of the molecule is CC/C=C\C/C=C\C/C=C\C/C=C\C/C=C\CC(=O)OC(COC(=O)CCCCCCC)COC(=O)CCCCCCC/C=C\C/C=C\CCCCCC. The van der Waals surface area contributed by atoms with Crippen LogP contribution in [-0.4, -0.2) is 37.2 Å². The number of esters is 3. The minimum atomic E-state index is -0.831. The zero-order chi connectivity index (χ0) is 39.4. The van der Waals surface area contributed by atoms with Crippen LogP contribution in [0.2, 0.25) is 0 Å². The number of hydrogen-bond donors (Lipinski definition) is 0. The van der Waals surface area contributed by atoms with Crippen LogP contribution >= 0.6 is 0 Å². The Morgan fingerprint density at radius 1 is 0.407 bits per heavy atom. The van der Waals surface area contributed by atoms with Gasteiger partial charge in [-0.05, 0) is 77.0 Å². The highest BCUT2D eigenvalue weighted by Crippen LogP contribution is 2.11. The predicted octanol–water partition coefficient (Wildman–Crippen LogP) is 13.7. The van der Waals surface area contributed by atoms with Crippen LogP contribution in [0.5, 0.6) is 0 Å². The third kappa shape index (κ3) is 39.8. The Hall–Kier alpha value is -3.41. The highest BCUT2D eigenvalue weighted by molar-refractivity contribution is 5.72. The molecule has 6 nitrogen and oxygen atoms in total. The van der Waals surface area contributed by atoms with Crippen molar-refractivity contribution in [3.63, 3.8) is 0 Å². The lowest BCUT2D eigenvalue weighted by atomic mass is 10.1. The van der Waals surface area contributed by atoms with Crippen LogP contribution in [0.15, 0.2) is 85.1 Å². The molecule has 0 aliphatic rings. The quantitative estimate of drug-likeness (QED) is 0.0272. The van der Waals surface area contributed by atoms with Crippen LogP contribution < -0.4 is 0 Å². The molecule has 0 heterocycles. The smallest absolute Gasteiger partial charge is 0.310 e. The predicted molar refractivity (Wildman–Crippen MR) is 228 cm³/mol. The molecule has 0 saturated carbocycles. The zero-order valence-corrected chi connectivity index (χ0v) is 34.7. The molecule has 1 unspecified atom stereocenters. The summed E-state index contributed by atoms with van der Waals surface area (Å²) in [5.41, 5.74) is 0. The first-order valence-corrected chi connectivity index (χ1v) is 21.6. The van der Waals surface area contributed by atoms with Crippen molar-refractivity contribution in [2.24, 2.45) is 0 Å². The Balaban J connectivity index is 4.42. The Morgan fingerprint density at radius 2 is 0.778 bits per heavy atom. The number of rotatable bonds is 37.